The molecule has 1 heterocycles. The molecule has 0 fully saturated rings. The molecule has 0 aliphatic heterocycles. The van der Waals surface area contributed by atoms with Gasteiger partial charge in [0.05, 0.1) is 16.8 Å². The third kappa shape index (κ3) is 2.40. The van der Waals surface area contributed by atoms with Crippen molar-refractivity contribution in [1.82, 2.24) is 4.98 Å². The van der Waals surface area contributed by atoms with Crippen molar-refractivity contribution in [2.45, 2.75) is 6.92 Å². The van der Waals surface area contributed by atoms with Gasteiger partial charge in [-0.1, -0.05) is 35.4 Å². The zero-order chi connectivity index (χ0) is 14.1. The van der Waals surface area contributed by atoms with Crippen LogP contribution in [0.2, 0.25) is 5.02 Å². The third-order valence-corrected chi connectivity index (χ3v) is 3.39. The molecule has 3 aromatic rings. The number of aromatic nitrogens is 1. The Bertz CT molecular complexity index is 788. The van der Waals surface area contributed by atoms with Crippen LogP contribution in [-0.4, -0.2) is 16.3 Å². The van der Waals surface area contributed by atoms with Crippen LogP contribution in [0, 0.1) is 6.92 Å². The van der Waals surface area contributed by atoms with Crippen molar-refractivity contribution in [3.05, 3.63) is 58.6 Å². The molecular weight excluding hydrogens is 272 g/mol. The lowest BCUT2D eigenvalue weighted by Crippen LogP contribution is -1.79. The minimum atomic E-state index is 0.0955. The van der Waals surface area contributed by atoms with Crippen molar-refractivity contribution in [1.29, 1.82) is 0 Å². The van der Waals surface area contributed by atoms with Gasteiger partial charge in [0.2, 0.25) is 0 Å². The Morgan fingerprint density at radius 1 is 1.15 bits per heavy atom. The molecule has 0 saturated heterocycles. The Labute approximate surface area is 121 Å². The summed E-state index contributed by atoms with van der Waals surface area (Å²) in [6, 6.07) is 13.3. The number of hydrogen-bond donors (Lipinski definition) is 2. The third-order valence-electron chi connectivity index (χ3n) is 3.16. The fourth-order valence-corrected chi connectivity index (χ4v) is 2.25. The van der Waals surface area contributed by atoms with Crippen molar-refractivity contribution in [2.75, 3.05) is 0 Å². The van der Waals surface area contributed by atoms with E-state index < -0.39 is 0 Å². The van der Waals surface area contributed by atoms with Gasteiger partial charge in [0, 0.05) is 16.6 Å². The Kier molecular flexibility index (Phi) is 3.20. The van der Waals surface area contributed by atoms with E-state index in [0.717, 1.165) is 16.6 Å². The summed E-state index contributed by atoms with van der Waals surface area (Å²) in [5.74, 6) is 0.0955. The van der Waals surface area contributed by atoms with Crippen LogP contribution in [0.25, 0.3) is 10.9 Å². The van der Waals surface area contributed by atoms with E-state index in [1.54, 1.807) is 18.3 Å². The first-order valence-electron chi connectivity index (χ1n) is 6.24. The van der Waals surface area contributed by atoms with E-state index in [1.165, 1.54) is 5.56 Å². The van der Waals surface area contributed by atoms with Crippen LogP contribution in [0.3, 0.4) is 0 Å². The lowest BCUT2D eigenvalue weighted by Gasteiger charge is -1.95. The van der Waals surface area contributed by atoms with Gasteiger partial charge < -0.3 is 10.1 Å². The molecule has 0 aliphatic carbocycles. The average Bonchev–Trinajstić information content (AvgIpc) is 2.73. The van der Waals surface area contributed by atoms with Crippen LogP contribution in [0.15, 0.2) is 47.5 Å². The largest absolute Gasteiger partial charge is 0.494 e. The number of halogens is 1. The average molecular weight is 285 g/mol. The van der Waals surface area contributed by atoms with Crippen LogP contribution in [0.4, 0.5) is 5.69 Å². The fraction of sp³-hybridized carbons (Fsp3) is 0.0625. The molecule has 0 bridgehead atoms. The molecule has 4 heteroatoms. The van der Waals surface area contributed by atoms with Crippen molar-refractivity contribution < 1.29 is 5.11 Å². The van der Waals surface area contributed by atoms with E-state index in [2.05, 4.69) is 9.98 Å². The molecule has 20 heavy (non-hydrogen) atoms. The number of nitrogens with zero attached hydrogens (tertiary/aromatic N) is 1. The van der Waals surface area contributed by atoms with Gasteiger partial charge >= 0.3 is 0 Å². The second kappa shape index (κ2) is 5.02. The smallest absolute Gasteiger partial charge is 0.198 e. The van der Waals surface area contributed by atoms with Crippen LogP contribution in [-0.2, 0) is 0 Å². The summed E-state index contributed by atoms with van der Waals surface area (Å²) >= 11 is 5.93. The molecule has 2 N–H and O–H groups in total. The number of nitrogens with one attached hydrogen (secondary N) is 1. The highest BCUT2D eigenvalue weighted by atomic mass is 35.5. The number of aryl methyl sites for hydroxylation is 1. The molecule has 2 aromatic carbocycles. The number of aromatic hydroxyl groups is 1. The summed E-state index contributed by atoms with van der Waals surface area (Å²) in [5.41, 5.74) is 3.49. The second-order valence-corrected chi connectivity index (χ2v) is 5.11. The van der Waals surface area contributed by atoms with Gasteiger partial charge in [0.15, 0.2) is 5.88 Å². The van der Waals surface area contributed by atoms with E-state index >= 15 is 0 Å². The van der Waals surface area contributed by atoms with Gasteiger partial charge in [0.25, 0.3) is 0 Å². The second-order valence-electron chi connectivity index (χ2n) is 4.67. The van der Waals surface area contributed by atoms with Crippen LogP contribution in [0.5, 0.6) is 5.88 Å². The highest BCUT2D eigenvalue weighted by Gasteiger charge is 2.08. The van der Waals surface area contributed by atoms with E-state index in [4.69, 9.17) is 11.6 Å². The lowest BCUT2D eigenvalue weighted by atomic mass is 10.2. The molecule has 3 nitrogen and oxygen atoms in total. The molecular formula is C16H13ClN2O. The molecule has 0 unspecified atom stereocenters. The zero-order valence-electron chi connectivity index (χ0n) is 10.9. The van der Waals surface area contributed by atoms with Gasteiger partial charge in [-0.05, 0) is 31.2 Å². The quantitative estimate of drug-likeness (QED) is 0.665. The molecule has 1 aromatic heterocycles. The first-order valence-corrected chi connectivity index (χ1v) is 6.62. The van der Waals surface area contributed by atoms with Crippen LogP contribution in [0.1, 0.15) is 11.1 Å². The number of hydrogen-bond acceptors (Lipinski definition) is 2. The van der Waals surface area contributed by atoms with Gasteiger partial charge in [-0.25, -0.2) is 0 Å². The zero-order valence-corrected chi connectivity index (χ0v) is 11.6. The Morgan fingerprint density at radius 3 is 2.65 bits per heavy atom. The summed E-state index contributed by atoms with van der Waals surface area (Å²) in [5, 5.41) is 11.5. The normalized spacial score (nSPS) is 11.5. The summed E-state index contributed by atoms with van der Waals surface area (Å²) in [4.78, 5) is 7.28. The number of H-pyrrole nitrogens is 1. The van der Waals surface area contributed by atoms with E-state index in [1.807, 2.05) is 37.3 Å². The maximum atomic E-state index is 9.96. The van der Waals surface area contributed by atoms with Crippen molar-refractivity contribution in [3.8, 4) is 5.88 Å². The Morgan fingerprint density at radius 2 is 1.90 bits per heavy atom. The van der Waals surface area contributed by atoms with Crippen LogP contribution < -0.4 is 0 Å². The summed E-state index contributed by atoms with van der Waals surface area (Å²) in [6.45, 7) is 2.03. The van der Waals surface area contributed by atoms with Gasteiger partial charge in [-0.15, -0.1) is 0 Å². The first-order chi connectivity index (χ1) is 9.63. The minimum absolute atomic E-state index is 0.0955. The Hall–Kier alpha value is -2.26. The van der Waals surface area contributed by atoms with E-state index in [-0.39, 0.29) is 5.88 Å². The van der Waals surface area contributed by atoms with Crippen molar-refractivity contribution in [3.63, 3.8) is 0 Å². The molecule has 0 aliphatic rings. The number of aliphatic imine (C=N–C) groups is 1. The summed E-state index contributed by atoms with van der Waals surface area (Å²) in [7, 11) is 0. The molecule has 100 valence electrons. The van der Waals surface area contributed by atoms with E-state index in [0.29, 0.717) is 10.6 Å². The molecule has 0 saturated carbocycles. The highest BCUT2D eigenvalue weighted by Crippen LogP contribution is 2.28. The van der Waals surface area contributed by atoms with Crippen molar-refractivity contribution >= 4 is 34.4 Å². The van der Waals surface area contributed by atoms with Gasteiger partial charge in [-0.2, -0.15) is 0 Å². The molecule has 3 rings (SSSR count). The highest BCUT2D eigenvalue weighted by molar-refractivity contribution is 6.31. The molecule has 0 amide bonds. The first kappa shape index (κ1) is 12.8. The summed E-state index contributed by atoms with van der Waals surface area (Å²) < 4.78 is 0. The monoisotopic (exact) mass is 284 g/mol. The number of aromatic amines is 1. The number of fused-ring (bicyclic) bond motifs is 1. The fourth-order valence-electron chi connectivity index (χ4n) is 2.08. The number of rotatable bonds is 2. The Balaban J connectivity index is 2.02. The number of benzene rings is 2. The van der Waals surface area contributed by atoms with Gasteiger partial charge in [0.1, 0.15) is 0 Å². The van der Waals surface area contributed by atoms with E-state index in [9.17, 15) is 5.11 Å². The minimum Gasteiger partial charge on any atom is -0.494 e. The maximum Gasteiger partial charge on any atom is 0.198 e. The van der Waals surface area contributed by atoms with Crippen LogP contribution >= 0.6 is 11.6 Å². The molecule has 0 radical (unpaired) electrons. The molecule has 0 atom stereocenters. The topological polar surface area (TPSA) is 48.4 Å². The maximum absolute atomic E-state index is 9.96. The standard InChI is InChI=1S/C16H13ClN2O/c1-10-2-5-12(6-3-10)18-9-14-13-7-4-11(17)8-15(13)19-16(14)20/h2-9,19-20H,1H3. The predicted octanol–water partition coefficient (Wildman–Crippen LogP) is 4.59. The van der Waals surface area contributed by atoms with Gasteiger partial charge in [-0.3, -0.25) is 4.99 Å². The van der Waals surface area contributed by atoms with Crippen molar-refractivity contribution in [2.24, 2.45) is 4.99 Å². The lowest BCUT2D eigenvalue weighted by molar-refractivity contribution is 0.457. The molecule has 0 spiro atoms. The SMILES string of the molecule is Cc1ccc(N=Cc2c(O)[nH]c3cc(Cl)ccc23)cc1. The predicted molar refractivity (Wildman–Crippen MR) is 83.4 cm³/mol. The summed E-state index contributed by atoms with van der Waals surface area (Å²) in [6.07, 6.45) is 1.66.